The Balaban J connectivity index is 1.59. The second-order valence-corrected chi connectivity index (χ2v) is 6.96. The molecule has 3 aromatic rings. The zero-order chi connectivity index (χ0) is 17.8. The van der Waals surface area contributed by atoms with E-state index in [1.54, 1.807) is 18.2 Å². The highest BCUT2D eigenvalue weighted by Crippen LogP contribution is 2.26. The molecule has 1 aromatic heterocycles. The summed E-state index contributed by atoms with van der Waals surface area (Å²) in [5, 5.41) is 6.67. The molecule has 0 aliphatic rings. The third-order valence-corrected chi connectivity index (χ3v) is 4.52. The summed E-state index contributed by atoms with van der Waals surface area (Å²) in [6.07, 6.45) is 0.510. The van der Waals surface area contributed by atoms with E-state index in [2.05, 4.69) is 47.3 Å². The fourth-order valence-electron chi connectivity index (χ4n) is 2.10. The van der Waals surface area contributed by atoms with Crippen LogP contribution in [0.15, 0.2) is 55.9 Å². The Morgan fingerprint density at radius 1 is 1.16 bits per heavy atom. The van der Waals surface area contributed by atoms with Crippen molar-refractivity contribution >= 4 is 43.5 Å². The first-order valence-corrected chi connectivity index (χ1v) is 8.93. The van der Waals surface area contributed by atoms with Crippen molar-refractivity contribution in [3.8, 4) is 11.4 Å². The highest BCUT2D eigenvalue weighted by molar-refractivity contribution is 9.11. The number of aryl methyl sites for hydroxylation is 1. The number of amides is 1. The van der Waals surface area contributed by atoms with E-state index in [-0.39, 0.29) is 18.1 Å². The molecule has 2 aromatic carbocycles. The van der Waals surface area contributed by atoms with E-state index >= 15 is 0 Å². The molecule has 5 nitrogen and oxygen atoms in total. The minimum absolute atomic E-state index is 0.166. The van der Waals surface area contributed by atoms with Crippen LogP contribution in [0.2, 0.25) is 0 Å². The van der Waals surface area contributed by atoms with Crippen LogP contribution < -0.4 is 5.32 Å². The van der Waals surface area contributed by atoms with Crippen molar-refractivity contribution in [1.29, 1.82) is 0 Å². The van der Waals surface area contributed by atoms with E-state index in [0.717, 1.165) is 8.95 Å². The summed E-state index contributed by atoms with van der Waals surface area (Å²) >= 11 is 6.75. The van der Waals surface area contributed by atoms with Crippen molar-refractivity contribution in [2.75, 3.05) is 5.32 Å². The van der Waals surface area contributed by atoms with Crippen molar-refractivity contribution in [1.82, 2.24) is 10.1 Å². The predicted molar refractivity (Wildman–Crippen MR) is 98.5 cm³/mol. The molecule has 1 N–H and O–H groups in total. The number of nitrogens with one attached hydrogen (secondary N) is 1. The normalized spacial score (nSPS) is 10.7. The second kappa shape index (κ2) is 7.88. The van der Waals surface area contributed by atoms with E-state index < -0.39 is 0 Å². The predicted octanol–water partition coefficient (Wildman–Crippen LogP) is 4.97. The lowest BCUT2D eigenvalue weighted by molar-refractivity contribution is -0.116. The zero-order valence-corrected chi connectivity index (χ0v) is 16.0. The molecular weight excluding hydrogens is 457 g/mol. The minimum Gasteiger partial charge on any atom is -0.339 e. The Bertz CT molecular complexity index is 897. The van der Waals surface area contributed by atoms with Crippen molar-refractivity contribution in [3.05, 3.63) is 63.1 Å². The van der Waals surface area contributed by atoms with Crippen molar-refractivity contribution in [2.45, 2.75) is 12.8 Å². The maximum atomic E-state index is 12.9. The summed E-state index contributed by atoms with van der Waals surface area (Å²) in [5.41, 5.74) is 1.33. The van der Waals surface area contributed by atoms with Crippen LogP contribution in [0.3, 0.4) is 0 Å². The van der Waals surface area contributed by atoms with Gasteiger partial charge < -0.3 is 9.84 Å². The maximum Gasteiger partial charge on any atom is 0.227 e. The topological polar surface area (TPSA) is 68.0 Å². The number of hydrogen-bond acceptors (Lipinski definition) is 4. The van der Waals surface area contributed by atoms with Gasteiger partial charge in [0.05, 0.1) is 5.69 Å². The van der Waals surface area contributed by atoms with Crippen LogP contribution in [0.5, 0.6) is 0 Å². The van der Waals surface area contributed by atoms with E-state index in [0.29, 0.717) is 29.4 Å². The molecule has 0 bridgehead atoms. The highest BCUT2D eigenvalue weighted by atomic mass is 79.9. The Kier molecular flexibility index (Phi) is 5.60. The van der Waals surface area contributed by atoms with Crippen LogP contribution in [0, 0.1) is 5.82 Å². The SMILES string of the molecule is O=C(CCc1nc(-c2ccc(F)cc2)no1)Nc1cc(Br)ccc1Br. The molecule has 1 heterocycles. The van der Waals surface area contributed by atoms with Crippen LogP contribution in [0.25, 0.3) is 11.4 Å². The van der Waals surface area contributed by atoms with Gasteiger partial charge in [-0.05, 0) is 58.4 Å². The lowest BCUT2D eigenvalue weighted by atomic mass is 10.2. The van der Waals surface area contributed by atoms with Gasteiger partial charge in [0.15, 0.2) is 0 Å². The number of hydrogen-bond donors (Lipinski definition) is 1. The molecule has 25 heavy (non-hydrogen) atoms. The van der Waals surface area contributed by atoms with Crippen molar-refractivity contribution < 1.29 is 13.7 Å². The van der Waals surface area contributed by atoms with Crippen LogP contribution >= 0.6 is 31.9 Å². The molecule has 0 atom stereocenters. The number of rotatable bonds is 5. The number of halogens is 3. The number of benzene rings is 2. The lowest BCUT2D eigenvalue weighted by Gasteiger charge is -2.07. The Labute approximate surface area is 159 Å². The average molecular weight is 469 g/mol. The number of nitrogens with zero attached hydrogens (tertiary/aromatic N) is 2. The first-order valence-electron chi connectivity index (χ1n) is 7.35. The standard InChI is InChI=1S/C17H12Br2FN3O2/c18-11-3-6-13(19)14(9-11)21-15(24)7-8-16-22-17(23-25-16)10-1-4-12(20)5-2-10/h1-6,9H,7-8H2,(H,21,24). The van der Waals surface area contributed by atoms with Gasteiger partial charge >= 0.3 is 0 Å². The zero-order valence-electron chi connectivity index (χ0n) is 12.8. The summed E-state index contributed by atoms with van der Waals surface area (Å²) in [4.78, 5) is 16.3. The fraction of sp³-hybridized carbons (Fsp3) is 0.118. The van der Waals surface area contributed by atoms with Gasteiger partial charge in [0.25, 0.3) is 0 Å². The summed E-state index contributed by atoms with van der Waals surface area (Å²) in [7, 11) is 0. The summed E-state index contributed by atoms with van der Waals surface area (Å²) in [6.45, 7) is 0. The maximum absolute atomic E-state index is 12.9. The quantitative estimate of drug-likeness (QED) is 0.573. The van der Waals surface area contributed by atoms with Gasteiger partial charge in [-0.2, -0.15) is 4.98 Å². The molecule has 3 rings (SSSR count). The molecule has 128 valence electrons. The molecule has 0 aliphatic carbocycles. The molecule has 8 heteroatoms. The number of carbonyl (C=O) groups excluding carboxylic acids is 1. The smallest absolute Gasteiger partial charge is 0.227 e. The van der Waals surface area contributed by atoms with Gasteiger partial charge in [-0.1, -0.05) is 21.1 Å². The Morgan fingerprint density at radius 3 is 2.68 bits per heavy atom. The van der Waals surface area contributed by atoms with Crippen molar-refractivity contribution in [2.24, 2.45) is 0 Å². The van der Waals surface area contributed by atoms with Crippen LogP contribution in [-0.4, -0.2) is 16.0 Å². The largest absolute Gasteiger partial charge is 0.339 e. The van der Waals surface area contributed by atoms with Gasteiger partial charge in [0.2, 0.25) is 17.6 Å². The van der Waals surface area contributed by atoms with Crippen LogP contribution in [-0.2, 0) is 11.2 Å². The molecule has 0 aliphatic heterocycles. The van der Waals surface area contributed by atoms with Gasteiger partial charge in [0.1, 0.15) is 5.82 Å². The summed E-state index contributed by atoms with van der Waals surface area (Å²) in [5.74, 6) is 0.219. The van der Waals surface area contributed by atoms with Gasteiger partial charge in [-0.15, -0.1) is 0 Å². The van der Waals surface area contributed by atoms with Gasteiger partial charge in [0, 0.05) is 27.4 Å². The summed E-state index contributed by atoms with van der Waals surface area (Å²) in [6, 6.07) is 11.3. The average Bonchev–Trinajstić information content (AvgIpc) is 3.06. The second-order valence-electron chi connectivity index (χ2n) is 5.19. The summed E-state index contributed by atoms with van der Waals surface area (Å²) < 4.78 is 19.7. The fourth-order valence-corrected chi connectivity index (χ4v) is 2.81. The third kappa shape index (κ3) is 4.73. The third-order valence-electron chi connectivity index (χ3n) is 3.34. The monoisotopic (exact) mass is 467 g/mol. The van der Waals surface area contributed by atoms with E-state index in [1.165, 1.54) is 12.1 Å². The molecule has 0 saturated heterocycles. The minimum atomic E-state index is -0.331. The van der Waals surface area contributed by atoms with Crippen molar-refractivity contribution in [3.63, 3.8) is 0 Å². The molecule has 0 saturated carbocycles. The van der Waals surface area contributed by atoms with Gasteiger partial charge in [-0.25, -0.2) is 4.39 Å². The van der Waals surface area contributed by atoms with Crippen LogP contribution in [0.4, 0.5) is 10.1 Å². The number of aromatic nitrogens is 2. The Morgan fingerprint density at radius 2 is 1.92 bits per heavy atom. The van der Waals surface area contributed by atoms with Crippen LogP contribution in [0.1, 0.15) is 12.3 Å². The molecule has 1 amide bonds. The molecular formula is C17H12Br2FN3O2. The molecule has 0 spiro atoms. The highest BCUT2D eigenvalue weighted by Gasteiger charge is 2.12. The van der Waals surface area contributed by atoms with E-state index in [1.807, 2.05) is 12.1 Å². The number of anilines is 1. The lowest BCUT2D eigenvalue weighted by Crippen LogP contribution is -2.12. The first-order chi connectivity index (χ1) is 12.0. The molecule has 0 radical (unpaired) electrons. The number of carbonyl (C=O) groups is 1. The van der Waals surface area contributed by atoms with E-state index in [9.17, 15) is 9.18 Å². The molecule has 0 fully saturated rings. The first kappa shape index (κ1) is 17.8. The van der Waals surface area contributed by atoms with E-state index in [4.69, 9.17) is 4.52 Å². The molecule has 0 unspecified atom stereocenters. The Hall–Kier alpha value is -2.06. The van der Waals surface area contributed by atoms with Gasteiger partial charge in [-0.3, -0.25) is 4.79 Å².